The summed E-state index contributed by atoms with van der Waals surface area (Å²) in [7, 11) is 0. The molecule has 6 nitrogen and oxygen atoms in total. The minimum Gasteiger partial charge on any atom is -0.354 e. The zero-order chi connectivity index (χ0) is 23.2. The molecule has 0 saturated carbocycles. The van der Waals surface area contributed by atoms with Gasteiger partial charge in [-0.2, -0.15) is 0 Å². The van der Waals surface area contributed by atoms with Crippen LogP contribution in [0.4, 0.5) is 0 Å². The summed E-state index contributed by atoms with van der Waals surface area (Å²) in [6.45, 7) is 13.2. The van der Waals surface area contributed by atoms with Crippen molar-refractivity contribution in [1.29, 1.82) is 0 Å². The molecular weight excluding hydrogens is 378 g/mol. The fourth-order valence-electron chi connectivity index (χ4n) is 4.51. The number of hydrogen-bond acceptors (Lipinski definition) is 3. The highest BCUT2D eigenvalue weighted by atomic mass is 16.2. The van der Waals surface area contributed by atoms with E-state index in [-0.39, 0.29) is 41.3 Å². The van der Waals surface area contributed by atoms with E-state index in [0.717, 1.165) is 64.2 Å². The molecule has 0 bridgehead atoms. The summed E-state index contributed by atoms with van der Waals surface area (Å²) in [6.07, 6.45) is 10.8. The van der Waals surface area contributed by atoms with Crippen LogP contribution in [0.15, 0.2) is 0 Å². The summed E-state index contributed by atoms with van der Waals surface area (Å²) in [6, 6.07) is 0.616. The Morgan fingerprint density at radius 3 is 1.10 bits per heavy atom. The topological polar surface area (TPSA) is 87.3 Å². The monoisotopic (exact) mass is 425 g/mol. The molecule has 3 amide bonds. The maximum absolute atomic E-state index is 11.3. The van der Waals surface area contributed by atoms with Gasteiger partial charge in [-0.3, -0.25) is 14.4 Å². The summed E-state index contributed by atoms with van der Waals surface area (Å²) in [5, 5.41) is 8.94. The second kappa shape index (κ2) is 15.2. The van der Waals surface area contributed by atoms with Gasteiger partial charge in [-0.25, -0.2) is 0 Å². The fourth-order valence-corrected chi connectivity index (χ4v) is 4.51. The minimum absolute atomic E-state index is 0.0307. The fraction of sp³-hybridized carbons (Fsp3) is 0.875. The van der Waals surface area contributed by atoms with Crippen molar-refractivity contribution in [3.8, 4) is 0 Å². The second-order valence-corrected chi connectivity index (χ2v) is 9.33. The van der Waals surface area contributed by atoms with Crippen molar-refractivity contribution in [2.24, 2.45) is 5.41 Å². The zero-order valence-corrected chi connectivity index (χ0v) is 20.5. The van der Waals surface area contributed by atoms with Crippen LogP contribution in [-0.2, 0) is 14.4 Å². The van der Waals surface area contributed by atoms with Crippen molar-refractivity contribution in [2.75, 3.05) is 0 Å². The summed E-state index contributed by atoms with van der Waals surface area (Å²) in [5.74, 6) is 0.0921. The summed E-state index contributed by atoms with van der Waals surface area (Å²) in [5.41, 5.74) is 0.280. The summed E-state index contributed by atoms with van der Waals surface area (Å²) < 4.78 is 0. The quantitative estimate of drug-likeness (QED) is 0.341. The Morgan fingerprint density at radius 2 is 0.900 bits per heavy atom. The first-order valence-corrected chi connectivity index (χ1v) is 11.8. The van der Waals surface area contributed by atoms with Crippen LogP contribution < -0.4 is 16.0 Å². The second-order valence-electron chi connectivity index (χ2n) is 9.33. The SMILES string of the molecule is CCC(CCCC(C)NC(C)=O)(CCCC(C)NC(C)=O)CCCC(C)NC(C)=O. The van der Waals surface area contributed by atoms with Gasteiger partial charge in [0.2, 0.25) is 17.7 Å². The standard InChI is InChI=1S/C24H47N3O3/c1-8-24(15-9-12-18(2)25-21(5)28,16-10-13-19(3)26-22(6)29)17-11-14-20(4)27-23(7)30/h18-20H,8-17H2,1-7H3,(H,25,28)(H,26,29)(H,27,30). The van der Waals surface area contributed by atoms with E-state index in [9.17, 15) is 14.4 Å². The first-order chi connectivity index (χ1) is 14.0. The van der Waals surface area contributed by atoms with Gasteiger partial charge in [0.05, 0.1) is 0 Å². The van der Waals surface area contributed by atoms with Gasteiger partial charge in [-0.15, -0.1) is 0 Å². The number of nitrogens with one attached hydrogen (secondary N) is 3. The van der Waals surface area contributed by atoms with E-state index >= 15 is 0 Å². The number of carbonyl (C=O) groups is 3. The van der Waals surface area contributed by atoms with Gasteiger partial charge in [0.1, 0.15) is 0 Å². The lowest BCUT2D eigenvalue weighted by atomic mass is 9.72. The molecule has 0 aliphatic heterocycles. The van der Waals surface area contributed by atoms with Crippen LogP contribution in [0.3, 0.4) is 0 Å². The molecule has 0 radical (unpaired) electrons. The molecule has 3 N–H and O–H groups in total. The Bertz CT molecular complexity index is 453. The molecule has 0 heterocycles. The van der Waals surface area contributed by atoms with Crippen LogP contribution in [0, 0.1) is 5.41 Å². The molecule has 0 aromatic rings. The van der Waals surface area contributed by atoms with Crippen molar-refractivity contribution in [1.82, 2.24) is 16.0 Å². The van der Waals surface area contributed by atoms with E-state index in [1.54, 1.807) is 20.8 Å². The van der Waals surface area contributed by atoms with Crippen LogP contribution in [0.5, 0.6) is 0 Å². The first-order valence-electron chi connectivity index (χ1n) is 11.8. The van der Waals surface area contributed by atoms with E-state index in [0.29, 0.717) is 0 Å². The largest absolute Gasteiger partial charge is 0.354 e. The van der Waals surface area contributed by atoms with E-state index in [1.807, 2.05) is 0 Å². The highest BCUT2D eigenvalue weighted by Crippen LogP contribution is 2.40. The first kappa shape index (κ1) is 28.4. The molecular formula is C24H47N3O3. The highest BCUT2D eigenvalue weighted by molar-refractivity contribution is 5.73. The minimum atomic E-state index is 0.0307. The van der Waals surface area contributed by atoms with Crippen LogP contribution in [0.2, 0.25) is 0 Å². The summed E-state index contributed by atoms with van der Waals surface area (Å²) in [4.78, 5) is 33.8. The predicted molar refractivity (Wildman–Crippen MR) is 124 cm³/mol. The molecule has 0 aromatic heterocycles. The molecule has 176 valence electrons. The van der Waals surface area contributed by atoms with Gasteiger partial charge in [-0.05, 0) is 64.7 Å². The summed E-state index contributed by atoms with van der Waals surface area (Å²) >= 11 is 0. The molecule has 3 atom stereocenters. The Hall–Kier alpha value is -1.59. The number of rotatable bonds is 16. The van der Waals surface area contributed by atoms with Crippen LogP contribution >= 0.6 is 0 Å². The zero-order valence-electron chi connectivity index (χ0n) is 20.5. The molecule has 0 fully saturated rings. The van der Waals surface area contributed by atoms with Crippen LogP contribution in [0.1, 0.15) is 113 Å². The molecule has 0 rings (SSSR count). The van der Waals surface area contributed by atoms with Crippen LogP contribution in [-0.4, -0.2) is 35.8 Å². The smallest absolute Gasteiger partial charge is 0.217 e. The van der Waals surface area contributed by atoms with Gasteiger partial charge < -0.3 is 16.0 Å². The molecule has 0 saturated heterocycles. The van der Waals surface area contributed by atoms with E-state index in [4.69, 9.17) is 0 Å². The van der Waals surface area contributed by atoms with Gasteiger partial charge in [0, 0.05) is 38.9 Å². The number of carbonyl (C=O) groups excluding carboxylic acids is 3. The van der Waals surface area contributed by atoms with E-state index in [2.05, 4.69) is 43.6 Å². The average Bonchev–Trinajstić information content (AvgIpc) is 2.59. The van der Waals surface area contributed by atoms with Gasteiger partial charge in [0.25, 0.3) is 0 Å². The van der Waals surface area contributed by atoms with Crippen molar-refractivity contribution < 1.29 is 14.4 Å². The third-order valence-electron chi connectivity index (χ3n) is 6.13. The molecule has 0 aromatic carbocycles. The normalized spacial score (nSPS) is 16.1. The Labute approximate surface area is 184 Å². The molecule has 6 heteroatoms. The highest BCUT2D eigenvalue weighted by Gasteiger charge is 2.27. The number of hydrogen-bond donors (Lipinski definition) is 3. The van der Waals surface area contributed by atoms with Crippen molar-refractivity contribution in [3.05, 3.63) is 0 Å². The molecule has 0 aliphatic carbocycles. The van der Waals surface area contributed by atoms with Crippen LogP contribution in [0.25, 0.3) is 0 Å². The maximum Gasteiger partial charge on any atom is 0.217 e. The van der Waals surface area contributed by atoms with Crippen molar-refractivity contribution in [2.45, 2.75) is 131 Å². The predicted octanol–water partition coefficient (Wildman–Crippen LogP) is 4.47. The molecule has 30 heavy (non-hydrogen) atoms. The lowest BCUT2D eigenvalue weighted by Gasteiger charge is -2.34. The average molecular weight is 426 g/mol. The third kappa shape index (κ3) is 14.4. The van der Waals surface area contributed by atoms with Gasteiger partial charge in [-0.1, -0.05) is 32.6 Å². The Kier molecular flexibility index (Phi) is 14.4. The van der Waals surface area contributed by atoms with E-state index in [1.165, 1.54) is 0 Å². The lowest BCUT2D eigenvalue weighted by Crippen LogP contribution is -2.32. The Morgan fingerprint density at radius 1 is 0.633 bits per heavy atom. The lowest BCUT2D eigenvalue weighted by molar-refractivity contribution is -0.120. The third-order valence-corrected chi connectivity index (χ3v) is 6.13. The van der Waals surface area contributed by atoms with Crippen molar-refractivity contribution in [3.63, 3.8) is 0 Å². The molecule has 3 unspecified atom stereocenters. The van der Waals surface area contributed by atoms with E-state index < -0.39 is 0 Å². The molecule has 0 aliphatic rings. The maximum atomic E-state index is 11.3. The van der Waals surface area contributed by atoms with Gasteiger partial charge in [0.15, 0.2) is 0 Å². The van der Waals surface area contributed by atoms with Gasteiger partial charge >= 0.3 is 0 Å². The molecule has 0 spiro atoms. The van der Waals surface area contributed by atoms with Crippen molar-refractivity contribution >= 4 is 17.7 Å². The Balaban J connectivity index is 4.80. The number of amides is 3.